The first-order chi connectivity index (χ1) is 6.41. The molecule has 0 aromatic heterocycles. The molecule has 0 unspecified atom stereocenters. The largest absolute Gasteiger partial charge is 0.389 e. The van der Waals surface area contributed by atoms with Crippen molar-refractivity contribution < 1.29 is 6.48 Å². The van der Waals surface area contributed by atoms with Gasteiger partial charge in [0.15, 0.2) is 0 Å². The first-order valence-corrected chi connectivity index (χ1v) is 5.64. The predicted octanol–water partition coefficient (Wildman–Crippen LogP) is 3.12. The van der Waals surface area contributed by atoms with E-state index in [2.05, 4.69) is 6.92 Å². The Morgan fingerprint density at radius 1 is 1.23 bits per heavy atom. The molecule has 13 heavy (non-hydrogen) atoms. The highest BCUT2D eigenvalue weighted by Crippen LogP contribution is 2.55. The highest BCUT2D eigenvalue weighted by atomic mass is 16.3. The van der Waals surface area contributed by atoms with Crippen LogP contribution in [0.15, 0.2) is 0 Å². The van der Waals surface area contributed by atoms with Crippen molar-refractivity contribution in [2.24, 2.45) is 11.3 Å². The van der Waals surface area contributed by atoms with Gasteiger partial charge < -0.3 is 5.11 Å². The van der Waals surface area contributed by atoms with Crippen LogP contribution in [0.25, 0.3) is 0 Å². The maximum absolute atomic E-state index is 10.8. The Balaban J connectivity index is 2.36. The summed E-state index contributed by atoms with van der Waals surface area (Å²) in [6, 6.07) is 0. The summed E-state index contributed by atoms with van der Waals surface area (Å²) in [5, 5.41) is 10.8. The maximum Gasteiger partial charge on any atom is 0.0726 e. The van der Waals surface area contributed by atoms with Gasteiger partial charge in [-0.1, -0.05) is 33.1 Å². The predicted molar refractivity (Wildman–Crippen MR) is 54.5 cm³/mol. The minimum atomic E-state index is -0.726. The van der Waals surface area contributed by atoms with Crippen LogP contribution in [0.1, 0.15) is 60.2 Å². The summed E-state index contributed by atoms with van der Waals surface area (Å²) in [5.41, 5.74) is -0.712. The van der Waals surface area contributed by atoms with Crippen molar-refractivity contribution in [3.05, 3.63) is 0 Å². The Labute approximate surface area is 82.9 Å². The van der Waals surface area contributed by atoms with Crippen molar-refractivity contribution in [2.45, 2.75) is 64.4 Å². The molecule has 1 nitrogen and oxygen atoms in total. The SMILES string of the molecule is [2H][C@]1(C)CCC[C@@]2(C)CCCC[C@@]21O. The van der Waals surface area contributed by atoms with E-state index in [-0.39, 0.29) is 5.41 Å². The summed E-state index contributed by atoms with van der Waals surface area (Å²) in [4.78, 5) is 0. The summed E-state index contributed by atoms with van der Waals surface area (Å²) in [7, 11) is 0. The summed E-state index contributed by atoms with van der Waals surface area (Å²) in [6.07, 6.45) is 7.35. The lowest BCUT2D eigenvalue weighted by Gasteiger charge is -2.55. The van der Waals surface area contributed by atoms with E-state index in [1.54, 1.807) is 0 Å². The molecule has 2 fully saturated rings. The molecule has 0 spiro atoms. The smallest absolute Gasteiger partial charge is 0.0726 e. The zero-order valence-corrected chi connectivity index (χ0v) is 8.90. The molecule has 0 bridgehead atoms. The topological polar surface area (TPSA) is 20.2 Å². The van der Waals surface area contributed by atoms with Gasteiger partial charge in [-0.25, -0.2) is 0 Å². The third-order valence-corrected chi connectivity index (χ3v) is 4.50. The van der Waals surface area contributed by atoms with Crippen molar-refractivity contribution in [1.29, 1.82) is 0 Å². The molecule has 76 valence electrons. The Morgan fingerprint density at radius 2 is 1.85 bits per heavy atom. The normalized spacial score (nSPS) is 58.2. The monoisotopic (exact) mass is 183 g/mol. The molecule has 0 aromatic carbocycles. The van der Waals surface area contributed by atoms with E-state index >= 15 is 0 Å². The van der Waals surface area contributed by atoms with Crippen molar-refractivity contribution in [2.75, 3.05) is 0 Å². The van der Waals surface area contributed by atoms with Gasteiger partial charge in [-0.2, -0.15) is 0 Å². The van der Waals surface area contributed by atoms with E-state index in [0.717, 1.165) is 38.5 Å². The molecule has 0 aliphatic heterocycles. The van der Waals surface area contributed by atoms with E-state index in [0.29, 0.717) is 0 Å². The average molecular weight is 183 g/mol. The molecule has 2 aliphatic carbocycles. The van der Waals surface area contributed by atoms with Crippen LogP contribution in [-0.4, -0.2) is 10.7 Å². The molecule has 2 aliphatic rings. The van der Waals surface area contributed by atoms with Crippen LogP contribution in [0.4, 0.5) is 0 Å². The highest BCUT2D eigenvalue weighted by Gasteiger charge is 2.52. The number of hydrogen-bond acceptors (Lipinski definition) is 1. The molecule has 2 rings (SSSR count). The molecule has 0 saturated heterocycles. The Morgan fingerprint density at radius 3 is 2.54 bits per heavy atom. The van der Waals surface area contributed by atoms with Crippen LogP contribution in [0.2, 0.25) is 0 Å². The van der Waals surface area contributed by atoms with Gasteiger partial charge >= 0.3 is 0 Å². The number of aliphatic hydroxyl groups is 1. The zero-order valence-electron chi connectivity index (χ0n) is 9.90. The zero-order chi connectivity index (χ0) is 10.4. The summed E-state index contributed by atoms with van der Waals surface area (Å²) in [5.74, 6) is -0.625. The van der Waals surface area contributed by atoms with Crippen LogP contribution < -0.4 is 0 Å². The summed E-state index contributed by atoms with van der Waals surface area (Å²) >= 11 is 0. The molecule has 2 saturated carbocycles. The lowest BCUT2D eigenvalue weighted by Crippen LogP contribution is -2.55. The fraction of sp³-hybridized carbons (Fsp3) is 1.00. The van der Waals surface area contributed by atoms with Crippen LogP contribution >= 0.6 is 0 Å². The molecule has 0 amide bonds. The van der Waals surface area contributed by atoms with Crippen LogP contribution in [-0.2, 0) is 0 Å². The van der Waals surface area contributed by atoms with Crippen molar-refractivity contribution in [3.63, 3.8) is 0 Å². The van der Waals surface area contributed by atoms with Crippen LogP contribution in [0.3, 0.4) is 0 Å². The number of hydrogen-bond donors (Lipinski definition) is 1. The highest BCUT2D eigenvalue weighted by molar-refractivity contribution is 5.04. The summed E-state index contributed by atoms with van der Waals surface area (Å²) in [6.45, 7) is 4.12. The quantitative estimate of drug-likeness (QED) is 0.612. The van der Waals surface area contributed by atoms with Gasteiger partial charge in [0.1, 0.15) is 0 Å². The number of fused-ring (bicyclic) bond motifs is 1. The number of rotatable bonds is 0. The van der Waals surface area contributed by atoms with E-state index in [4.69, 9.17) is 1.37 Å². The van der Waals surface area contributed by atoms with E-state index in [1.807, 2.05) is 6.92 Å². The Hall–Kier alpha value is -0.0400. The maximum atomic E-state index is 10.8. The standard InChI is InChI=1S/C12H22O/c1-10-6-5-8-11(2)7-3-4-9-12(10,11)13/h10,13H,3-9H2,1-2H3/t10-,11+,12-/m0/s1/i10D. The molecule has 0 heterocycles. The fourth-order valence-corrected chi connectivity index (χ4v) is 3.42. The van der Waals surface area contributed by atoms with Gasteiger partial charge in [-0.3, -0.25) is 0 Å². The minimum Gasteiger partial charge on any atom is -0.389 e. The van der Waals surface area contributed by atoms with Gasteiger partial charge in [0.25, 0.3) is 0 Å². The van der Waals surface area contributed by atoms with Crippen LogP contribution in [0, 0.1) is 11.3 Å². The fourth-order valence-electron chi connectivity index (χ4n) is 3.42. The van der Waals surface area contributed by atoms with Crippen molar-refractivity contribution in [3.8, 4) is 0 Å². The lowest BCUT2D eigenvalue weighted by molar-refractivity contribution is -0.164. The van der Waals surface area contributed by atoms with Gasteiger partial charge in [0.2, 0.25) is 0 Å². The molecule has 3 atom stereocenters. The first-order valence-electron chi connectivity index (χ1n) is 6.14. The van der Waals surface area contributed by atoms with Gasteiger partial charge in [-0.15, -0.1) is 0 Å². The second-order valence-corrected chi connectivity index (χ2v) is 5.26. The second-order valence-electron chi connectivity index (χ2n) is 5.26. The van der Waals surface area contributed by atoms with Crippen molar-refractivity contribution >= 4 is 0 Å². The molecule has 1 heteroatoms. The molecular formula is C12H22O. The third-order valence-electron chi connectivity index (χ3n) is 4.50. The molecular weight excluding hydrogens is 160 g/mol. The third kappa shape index (κ3) is 1.24. The average Bonchev–Trinajstić information content (AvgIpc) is 2.08. The Bertz CT molecular complexity index is 234. The van der Waals surface area contributed by atoms with Gasteiger partial charge in [0, 0.05) is 1.37 Å². The van der Waals surface area contributed by atoms with E-state index < -0.39 is 11.5 Å². The van der Waals surface area contributed by atoms with E-state index in [1.165, 1.54) is 6.42 Å². The molecule has 0 aromatic rings. The van der Waals surface area contributed by atoms with Crippen molar-refractivity contribution in [1.82, 2.24) is 0 Å². The van der Waals surface area contributed by atoms with Crippen LogP contribution in [0.5, 0.6) is 0 Å². The van der Waals surface area contributed by atoms with Gasteiger partial charge in [0.05, 0.1) is 5.60 Å². The lowest BCUT2D eigenvalue weighted by atomic mass is 9.54. The first kappa shape index (κ1) is 8.28. The summed E-state index contributed by atoms with van der Waals surface area (Å²) < 4.78 is 8.32. The Kier molecular flexibility index (Phi) is 1.90. The molecule has 1 N–H and O–H groups in total. The minimum absolute atomic E-state index is 0.0139. The van der Waals surface area contributed by atoms with Gasteiger partial charge in [-0.05, 0) is 37.0 Å². The second kappa shape index (κ2) is 2.98. The molecule has 0 radical (unpaired) electrons. The van der Waals surface area contributed by atoms with E-state index in [9.17, 15) is 5.11 Å².